The van der Waals surface area contributed by atoms with Gasteiger partial charge >= 0.3 is 0 Å². The quantitative estimate of drug-likeness (QED) is 0.472. The van der Waals surface area contributed by atoms with Gasteiger partial charge in [-0.2, -0.15) is 0 Å². The van der Waals surface area contributed by atoms with Gasteiger partial charge in [0, 0.05) is 12.4 Å². The van der Waals surface area contributed by atoms with E-state index in [1.54, 1.807) is 12.4 Å². The first-order chi connectivity index (χ1) is 13.5. The molecule has 0 aromatic heterocycles. The zero-order valence-corrected chi connectivity index (χ0v) is 16.5. The third kappa shape index (κ3) is 5.54. The van der Waals surface area contributed by atoms with Crippen LogP contribution in [0.2, 0.25) is 0 Å². The van der Waals surface area contributed by atoms with E-state index in [0.717, 1.165) is 40.9 Å². The maximum Gasteiger partial charge on any atom is 0.119 e. The highest BCUT2D eigenvalue weighted by Crippen LogP contribution is 2.45. The lowest BCUT2D eigenvalue weighted by molar-refractivity contribution is 0.151. The van der Waals surface area contributed by atoms with Gasteiger partial charge in [0.05, 0.1) is 11.7 Å². The molecule has 28 heavy (non-hydrogen) atoms. The van der Waals surface area contributed by atoms with E-state index in [1.807, 2.05) is 80.6 Å². The summed E-state index contributed by atoms with van der Waals surface area (Å²) in [6, 6.07) is 15.9. The number of rotatable bonds is 8. The number of allylic oxidation sites excluding steroid dienone is 3. The molecular formula is C25H27NO2. The van der Waals surface area contributed by atoms with Crippen molar-refractivity contribution in [3.63, 3.8) is 0 Å². The van der Waals surface area contributed by atoms with Crippen LogP contribution in [-0.4, -0.2) is 17.4 Å². The smallest absolute Gasteiger partial charge is 0.119 e. The van der Waals surface area contributed by atoms with Gasteiger partial charge in [-0.05, 0) is 73.2 Å². The zero-order chi connectivity index (χ0) is 20.0. The molecule has 1 fully saturated rings. The molecule has 1 saturated carbocycles. The second-order valence-electron chi connectivity index (χ2n) is 7.34. The van der Waals surface area contributed by atoms with Crippen LogP contribution < -0.4 is 4.74 Å². The molecule has 1 aliphatic rings. The Hall–Kier alpha value is -2.91. The molecule has 1 N–H and O–H groups in total. The predicted molar refractivity (Wildman–Crippen MR) is 117 cm³/mol. The fourth-order valence-corrected chi connectivity index (χ4v) is 2.82. The number of aliphatic hydroxyl groups is 1. The Balaban J connectivity index is 1.48. The van der Waals surface area contributed by atoms with E-state index < -0.39 is 5.60 Å². The summed E-state index contributed by atoms with van der Waals surface area (Å²) in [6.07, 6.45) is 11.1. The molecule has 3 nitrogen and oxygen atoms in total. The molecule has 0 spiro atoms. The summed E-state index contributed by atoms with van der Waals surface area (Å²) in [5, 5.41) is 10.1. The number of hydrogen-bond acceptors (Lipinski definition) is 3. The third-order valence-electron chi connectivity index (χ3n) is 4.59. The Morgan fingerprint density at radius 3 is 2.39 bits per heavy atom. The van der Waals surface area contributed by atoms with Crippen LogP contribution in [-0.2, 0) is 5.60 Å². The van der Waals surface area contributed by atoms with Crippen molar-refractivity contribution in [2.75, 3.05) is 0 Å². The normalized spacial score (nSPS) is 15.7. The summed E-state index contributed by atoms with van der Waals surface area (Å²) in [6.45, 7) is 8.11. The first-order valence-corrected chi connectivity index (χ1v) is 9.62. The fourth-order valence-electron chi connectivity index (χ4n) is 2.82. The highest BCUT2D eigenvalue weighted by Gasteiger charge is 2.41. The Morgan fingerprint density at radius 2 is 1.79 bits per heavy atom. The minimum Gasteiger partial charge on any atom is -0.491 e. The summed E-state index contributed by atoms with van der Waals surface area (Å²) in [7, 11) is 0. The van der Waals surface area contributed by atoms with Gasteiger partial charge in [0.25, 0.3) is 0 Å². The summed E-state index contributed by atoms with van der Waals surface area (Å²) in [4.78, 5) is 4.26. The van der Waals surface area contributed by atoms with E-state index >= 15 is 0 Å². The van der Waals surface area contributed by atoms with Crippen molar-refractivity contribution in [3.05, 3.63) is 90.2 Å². The maximum absolute atomic E-state index is 10.1. The van der Waals surface area contributed by atoms with Crippen LogP contribution in [0.25, 0.3) is 11.6 Å². The summed E-state index contributed by atoms with van der Waals surface area (Å²) in [5.41, 5.74) is 3.45. The summed E-state index contributed by atoms with van der Waals surface area (Å²) < 4.78 is 5.65. The molecule has 3 rings (SSSR count). The van der Waals surface area contributed by atoms with Crippen LogP contribution in [0.4, 0.5) is 0 Å². The molecule has 0 saturated heterocycles. The second-order valence-corrected chi connectivity index (χ2v) is 7.34. The number of aliphatic imine (C=N–C) groups is 1. The van der Waals surface area contributed by atoms with Crippen molar-refractivity contribution in [3.8, 4) is 5.75 Å². The van der Waals surface area contributed by atoms with Crippen LogP contribution in [0, 0.1) is 0 Å². The van der Waals surface area contributed by atoms with E-state index in [4.69, 9.17) is 4.74 Å². The lowest BCUT2D eigenvalue weighted by Gasteiger charge is -2.10. The van der Waals surface area contributed by atoms with Gasteiger partial charge in [-0.15, -0.1) is 0 Å². The number of benzene rings is 2. The largest absolute Gasteiger partial charge is 0.491 e. The molecule has 0 atom stereocenters. The summed E-state index contributed by atoms with van der Waals surface area (Å²) >= 11 is 0. The second kappa shape index (κ2) is 8.85. The molecule has 3 heteroatoms. The first kappa shape index (κ1) is 19.8. The lowest BCUT2D eigenvalue weighted by atomic mass is 10.1. The van der Waals surface area contributed by atoms with Gasteiger partial charge in [0.1, 0.15) is 5.75 Å². The molecule has 0 unspecified atom stereocenters. The van der Waals surface area contributed by atoms with Crippen LogP contribution in [0.3, 0.4) is 0 Å². The number of nitrogens with zero attached hydrogens (tertiary/aromatic N) is 1. The van der Waals surface area contributed by atoms with Crippen molar-refractivity contribution in [2.45, 2.75) is 38.4 Å². The standard InChI is InChI=1S/C25H27NO2/c1-19(2)28-24-12-8-22(9-13-24)20(3)5-4-17-26-18-14-21-6-10-23(11-7-21)25(27)15-16-25/h4-14,17-19,27H,3,15-16H2,1-2H3/b5-4-,18-14+,26-17-. The molecule has 2 aromatic rings. The summed E-state index contributed by atoms with van der Waals surface area (Å²) in [5.74, 6) is 0.863. The third-order valence-corrected chi connectivity index (χ3v) is 4.59. The molecule has 0 amide bonds. The topological polar surface area (TPSA) is 41.8 Å². The van der Waals surface area contributed by atoms with Crippen LogP contribution in [0.1, 0.15) is 43.4 Å². The Bertz CT molecular complexity index is 883. The molecule has 0 aliphatic heterocycles. The zero-order valence-electron chi connectivity index (χ0n) is 16.5. The Kier molecular flexibility index (Phi) is 6.27. The molecule has 0 radical (unpaired) electrons. The van der Waals surface area contributed by atoms with Crippen LogP contribution in [0.5, 0.6) is 5.75 Å². The average molecular weight is 373 g/mol. The minimum atomic E-state index is -0.574. The molecule has 2 aromatic carbocycles. The van der Waals surface area contributed by atoms with E-state index in [9.17, 15) is 5.11 Å². The van der Waals surface area contributed by atoms with Crippen molar-refractivity contribution < 1.29 is 9.84 Å². The molecule has 1 aliphatic carbocycles. The van der Waals surface area contributed by atoms with Gasteiger partial charge in [-0.3, -0.25) is 4.99 Å². The van der Waals surface area contributed by atoms with Gasteiger partial charge < -0.3 is 9.84 Å². The van der Waals surface area contributed by atoms with E-state index in [1.165, 1.54) is 0 Å². The van der Waals surface area contributed by atoms with E-state index in [0.29, 0.717) is 0 Å². The van der Waals surface area contributed by atoms with Crippen LogP contribution >= 0.6 is 0 Å². The van der Waals surface area contributed by atoms with Crippen LogP contribution in [0.15, 0.2) is 78.5 Å². The molecule has 0 heterocycles. The van der Waals surface area contributed by atoms with Gasteiger partial charge in [-0.1, -0.05) is 49.1 Å². The minimum absolute atomic E-state index is 0.167. The van der Waals surface area contributed by atoms with E-state index in [2.05, 4.69) is 11.6 Å². The highest BCUT2D eigenvalue weighted by atomic mass is 16.5. The Morgan fingerprint density at radius 1 is 1.11 bits per heavy atom. The van der Waals surface area contributed by atoms with Gasteiger partial charge in [0.2, 0.25) is 0 Å². The maximum atomic E-state index is 10.1. The monoisotopic (exact) mass is 373 g/mol. The first-order valence-electron chi connectivity index (χ1n) is 9.62. The highest BCUT2D eigenvalue weighted by molar-refractivity contribution is 5.80. The van der Waals surface area contributed by atoms with Crippen molar-refractivity contribution in [1.82, 2.24) is 0 Å². The SMILES string of the molecule is C=C(\C=C/C=N\C=C\c1ccc(C2(O)CC2)cc1)c1ccc(OC(C)C)cc1. The predicted octanol–water partition coefficient (Wildman–Crippen LogP) is 5.77. The van der Waals surface area contributed by atoms with Crippen molar-refractivity contribution >= 4 is 17.9 Å². The molecular weight excluding hydrogens is 346 g/mol. The average Bonchev–Trinajstić information content (AvgIpc) is 3.43. The molecule has 144 valence electrons. The fraction of sp³-hybridized carbons (Fsp3) is 0.240. The Labute approximate surface area is 167 Å². The van der Waals surface area contributed by atoms with Gasteiger partial charge in [0.15, 0.2) is 0 Å². The van der Waals surface area contributed by atoms with Crippen molar-refractivity contribution in [1.29, 1.82) is 0 Å². The lowest BCUT2D eigenvalue weighted by Crippen LogP contribution is -2.05. The number of ether oxygens (including phenoxy) is 1. The van der Waals surface area contributed by atoms with Crippen molar-refractivity contribution in [2.24, 2.45) is 4.99 Å². The van der Waals surface area contributed by atoms with Gasteiger partial charge in [-0.25, -0.2) is 0 Å². The number of hydrogen-bond donors (Lipinski definition) is 1. The van der Waals surface area contributed by atoms with E-state index in [-0.39, 0.29) is 6.10 Å². The molecule has 0 bridgehead atoms.